The van der Waals surface area contributed by atoms with Crippen molar-refractivity contribution in [1.29, 1.82) is 0 Å². The van der Waals surface area contributed by atoms with Crippen molar-refractivity contribution >= 4 is 10.1 Å². The molecule has 1 unspecified atom stereocenters. The number of benzene rings is 2. The molecule has 0 saturated heterocycles. The highest BCUT2D eigenvalue weighted by molar-refractivity contribution is 7.86. The largest absolute Gasteiger partial charge is 0.497 e. The quantitative estimate of drug-likeness (QED) is 0.743. The summed E-state index contributed by atoms with van der Waals surface area (Å²) in [6.07, 6.45) is 0.447. The minimum atomic E-state index is -3.59. The van der Waals surface area contributed by atoms with Crippen molar-refractivity contribution in [2.45, 2.75) is 25.6 Å². The van der Waals surface area contributed by atoms with Gasteiger partial charge in [0, 0.05) is 12.6 Å². The van der Waals surface area contributed by atoms with Crippen molar-refractivity contribution in [2.24, 2.45) is 0 Å². The molecular weight excluding hydrogens is 326 g/mol. The number of nitrogens with one attached hydrogen (secondary N) is 1. The molecule has 2 aromatic carbocycles. The van der Waals surface area contributed by atoms with Gasteiger partial charge < -0.3 is 10.1 Å². The van der Waals surface area contributed by atoms with Crippen LogP contribution in [-0.4, -0.2) is 27.8 Å². The molecular formula is C18H23NO4S. The molecule has 130 valence electrons. The summed E-state index contributed by atoms with van der Waals surface area (Å²) in [6, 6.07) is 16.9. The Bertz CT molecular complexity index is 729. The predicted molar refractivity (Wildman–Crippen MR) is 94.4 cm³/mol. The average Bonchev–Trinajstić information content (AvgIpc) is 2.58. The van der Waals surface area contributed by atoms with Crippen LogP contribution in [0.5, 0.6) is 5.75 Å². The Hall–Kier alpha value is -1.89. The Morgan fingerprint density at radius 3 is 2.21 bits per heavy atom. The van der Waals surface area contributed by atoms with Crippen molar-refractivity contribution < 1.29 is 17.3 Å². The first-order valence-corrected chi connectivity index (χ1v) is 9.50. The Morgan fingerprint density at radius 1 is 1.04 bits per heavy atom. The Morgan fingerprint density at radius 2 is 1.67 bits per heavy atom. The van der Waals surface area contributed by atoms with Gasteiger partial charge in [-0.3, -0.25) is 4.18 Å². The van der Waals surface area contributed by atoms with Gasteiger partial charge in [-0.15, -0.1) is 0 Å². The van der Waals surface area contributed by atoms with Crippen LogP contribution < -0.4 is 10.1 Å². The van der Waals surface area contributed by atoms with E-state index in [9.17, 15) is 8.42 Å². The molecule has 0 aliphatic carbocycles. The van der Waals surface area contributed by atoms with Crippen LogP contribution in [0.3, 0.4) is 0 Å². The van der Waals surface area contributed by atoms with Gasteiger partial charge in [0.1, 0.15) is 11.9 Å². The van der Waals surface area contributed by atoms with E-state index in [1.807, 2.05) is 49.4 Å². The van der Waals surface area contributed by atoms with Crippen molar-refractivity contribution in [3.05, 3.63) is 65.7 Å². The molecule has 0 aliphatic heterocycles. The maximum atomic E-state index is 11.6. The lowest BCUT2D eigenvalue weighted by Crippen LogP contribution is -2.34. The second-order valence-corrected chi connectivity index (χ2v) is 7.25. The minimum absolute atomic E-state index is 0.201. The van der Waals surface area contributed by atoms with Gasteiger partial charge >= 0.3 is 0 Å². The van der Waals surface area contributed by atoms with Crippen LogP contribution in [0.4, 0.5) is 0 Å². The summed E-state index contributed by atoms with van der Waals surface area (Å²) in [5.74, 6) is 0.710. The van der Waals surface area contributed by atoms with Crippen LogP contribution >= 0.6 is 0 Å². The lowest BCUT2D eigenvalue weighted by molar-refractivity contribution is 0.170. The molecule has 0 bridgehead atoms. The molecule has 0 fully saturated rings. The van der Waals surface area contributed by atoms with E-state index >= 15 is 0 Å². The fourth-order valence-corrected chi connectivity index (χ4v) is 3.05. The zero-order chi connectivity index (χ0) is 17.6. The third kappa shape index (κ3) is 5.63. The Labute approximate surface area is 143 Å². The van der Waals surface area contributed by atoms with Crippen molar-refractivity contribution in [3.63, 3.8) is 0 Å². The molecule has 2 atom stereocenters. The minimum Gasteiger partial charge on any atom is -0.497 e. The normalized spacial score (nSPS) is 14.1. The first-order valence-electron chi connectivity index (χ1n) is 7.68. The second kappa shape index (κ2) is 8.28. The van der Waals surface area contributed by atoms with E-state index in [0.717, 1.165) is 17.4 Å². The third-order valence-corrected chi connectivity index (χ3v) is 4.20. The number of hydrogen-bond acceptors (Lipinski definition) is 5. The maximum absolute atomic E-state index is 11.6. The van der Waals surface area contributed by atoms with E-state index in [-0.39, 0.29) is 6.04 Å². The molecule has 0 aromatic heterocycles. The molecule has 0 saturated carbocycles. The lowest BCUT2D eigenvalue weighted by Gasteiger charge is -2.25. The predicted octanol–water partition coefficient (Wildman–Crippen LogP) is 2.89. The number of methoxy groups -OCH3 is 1. The number of rotatable bonds is 8. The Kier molecular flexibility index (Phi) is 6.36. The third-order valence-electron chi connectivity index (χ3n) is 3.65. The average molecular weight is 349 g/mol. The fraction of sp³-hybridized carbons (Fsp3) is 0.333. The van der Waals surface area contributed by atoms with Crippen LogP contribution in [0.2, 0.25) is 0 Å². The zero-order valence-electron chi connectivity index (χ0n) is 14.1. The summed E-state index contributed by atoms with van der Waals surface area (Å²) < 4.78 is 33.7. The van der Waals surface area contributed by atoms with Gasteiger partial charge in [-0.25, -0.2) is 0 Å². The van der Waals surface area contributed by atoms with E-state index in [1.54, 1.807) is 19.2 Å². The van der Waals surface area contributed by atoms with Crippen LogP contribution in [-0.2, 0) is 20.8 Å². The van der Waals surface area contributed by atoms with Gasteiger partial charge in [0.15, 0.2) is 0 Å². The standard InChI is InChI=1S/C18H23NO4S/c1-14(19-13-15-7-5-4-6-8-15)18(23-24(3,20)21)16-9-11-17(22-2)12-10-16/h4-12,14,18-19H,13H2,1-3H3/t14-,18?/m0/s1. The number of hydrogen-bond donors (Lipinski definition) is 1. The highest BCUT2D eigenvalue weighted by atomic mass is 32.2. The SMILES string of the molecule is COc1ccc(C(OS(C)(=O)=O)[C@H](C)NCc2ccccc2)cc1. The van der Waals surface area contributed by atoms with E-state index in [0.29, 0.717) is 12.3 Å². The smallest absolute Gasteiger partial charge is 0.265 e. The summed E-state index contributed by atoms with van der Waals surface area (Å²) >= 11 is 0. The van der Waals surface area contributed by atoms with E-state index in [4.69, 9.17) is 8.92 Å². The molecule has 6 heteroatoms. The van der Waals surface area contributed by atoms with Gasteiger partial charge in [0.2, 0.25) is 0 Å². The zero-order valence-corrected chi connectivity index (χ0v) is 14.9. The maximum Gasteiger partial charge on any atom is 0.265 e. The van der Waals surface area contributed by atoms with Crippen LogP contribution in [0.1, 0.15) is 24.2 Å². The monoisotopic (exact) mass is 349 g/mol. The van der Waals surface area contributed by atoms with E-state index in [2.05, 4.69) is 5.32 Å². The molecule has 2 aromatic rings. The molecule has 0 amide bonds. The first kappa shape index (κ1) is 18.4. The van der Waals surface area contributed by atoms with Gasteiger partial charge in [0.05, 0.1) is 13.4 Å². The van der Waals surface area contributed by atoms with Gasteiger partial charge in [-0.1, -0.05) is 42.5 Å². The fourth-order valence-electron chi connectivity index (χ4n) is 2.39. The molecule has 0 aliphatic rings. The highest BCUT2D eigenvalue weighted by Gasteiger charge is 2.24. The summed E-state index contributed by atoms with van der Waals surface area (Å²) in [5.41, 5.74) is 1.89. The number of ether oxygens (including phenoxy) is 1. The highest BCUT2D eigenvalue weighted by Crippen LogP contribution is 2.25. The molecule has 5 nitrogen and oxygen atoms in total. The van der Waals surface area contributed by atoms with Crippen LogP contribution in [0.25, 0.3) is 0 Å². The molecule has 2 rings (SSSR count). The molecule has 0 spiro atoms. The summed E-state index contributed by atoms with van der Waals surface area (Å²) in [6.45, 7) is 2.53. The summed E-state index contributed by atoms with van der Waals surface area (Å²) in [7, 11) is -2.00. The van der Waals surface area contributed by atoms with E-state index in [1.165, 1.54) is 0 Å². The topological polar surface area (TPSA) is 64.6 Å². The Balaban J connectivity index is 2.14. The van der Waals surface area contributed by atoms with Gasteiger partial charge in [-0.2, -0.15) is 8.42 Å². The van der Waals surface area contributed by atoms with E-state index < -0.39 is 16.2 Å². The molecule has 1 N–H and O–H groups in total. The van der Waals surface area contributed by atoms with Crippen molar-refractivity contribution in [3.8, 4) is 5.75 Å². The molecule has 0 heterocycles. The van der Waals surface area contributed by atoms with Crippen molar-refractivity contribution in [2.75, 3.05) is 13.4 Å². The van der Waals surface area contributed by atoms with Crippen LogP contribution in [0.15, 0.2) is 54.6 Å². The lowest BCUT2D eigenvalue weighted by atomic mass is 10.0. The molecule has 24 heavy (non-hydrogen) atoms. The summed E-state index contributed by atoms with van der Waals surface area (Å²) in [4.78, 5) is 0. The van der Waals surface area contributed by atoms with Gasteiger partial charge in [0.25, 0.3) is 10.1 Å². The van der Waals surface area contributed by atoms with Crippen LogP contribution in [0, 0.1) is 0 Å². The van der Waals surface area contributed by atoms with Gasteiger partial charge in [-0.05, 0) is 30.2 Å². The van der Waals surface area contributed by atoms with Crippen molar-refractivity contribution in [1.82, 2.24) is 5.32 Å². The second-order valence-electron chi connectivity index (χ2n) is 5.65. The molecule has 0 radical (unpaired) electrons. The summed E-state index contributed by atoms with van der Waals surface area (Å²) in [5, 5.41) is 3.33. The first-order chi connectivity index (χ1) is 11.4.